The summed E-state index contributed by atoms with van der Waals surface area (Å²) in [6.07, 6.45) is 12.4. The summed E-state index contributed by atoms with van der Waals surface area (Å²) in [5, 5.41) is 1.60. The smallest absolute Gasteiger partial charge is 0.329 e. The largest absolute Gasteiger partial charge is 0.331 e. The maximum atomic E-state index is 2.92. The number of benzene rings is 7. The van der Waals surface area contributed by atoms with Crippen molar-refractivity contribution >= 4 is 64.9 Å². The van der Waals surface area contributed by atoms with Crippen molar-refractivity contribution in [3.63, 3.8) is 0 Å². The third-order valence-electron chi connectivity index (χ3n) is 19.6. The van der Waals surface area contributed by atoms with Crippen molar-refractivity contribution < 1.29 is 4.57 Å². The fourth-order valence-electron chi connectivity index (χ4n) is 15.9. The molecule has 5 unspecified atom stereocenters. The molecule has 4 heterocycles. The molecule has 5 atom stereocenters. The average Bonchev–Trinajstić information content (AvgIpc) is 3.77. The Labute approximate surface area is 423 Å². The normalized spacial score (nSPS) is 25.4. The van der Waals surface area contributed by atoms with Gasteiger partial charge < -0.3 is 9.80 Å². The van der Waals surface area contributed by atoms with Crippen LogP contribution in [0, 0.1) is 5.41 Å². The molecule has 0 N–H and O–H groups in total. The van der Waals surface area contributed by atoms with Gasteiger partial charge in [-0.3, -0.25) is 0 Å². The standard InChI is InChI=1S/C66H65BN3Si/c1-63-36-18-19-37-64(63,2)61-60-54(63)42-52(71(4,5)6)43-56(60)67-55-40-48(46-24-12-8-13-25-46)32-35-58(55)69(50-33-30-47(31-34-50)45-22-10-7-11-23-45)59-41-51(44-68(61)62(59)67)70-57-29-17-16-28-53(57)66(49-26-14-9-15-27-49)39-21-20-38-65(66,70)3/h7-17,22-35,40-44,61H,18-21,36-39H2,1-6H3/q+1. The van der Waals surface area contributed by atoms with Gasteiger partial charge in [-0.1, -0.05) is 215 Å². The van der Waals surface area contributed by atoms with Gasteiger partial charge in [0, 0.05) is 38.9 Å². The second kappa shape index (κ2) is 15.3. The van der Waals surface area contributed by atoms with Gasteiger partial charge in [0.2, 0.25) is 0 Å². The van der Waals surface area contributed by atoms with Crippen LogP contribution < -0.4 is 36.1 Å². The van der Waals surface area contributed by atoms with Crippen molar-refractivity contribution in [2.75, 3.05) is 9.80 Å². The molecule has 0 radical (unpaired) electrons. The SMILES string of the molecule is CC12CCCCC1(C)C1c3c(cc([Si](C)(C)C)cc32)B2c3cc(-c4ccccc4)ccc3N(c3ccc(-c4ccccc4)cc3)c3cc(N4c5ccccc5C5(c6ccccc6)CCCCC45C)c[n+]1c32. The molecular weight excluding hydrogens is 874 g/mol. The lowest BCUT2D eigenvalue weighted by Crippen LogP contribution is -2.76. The first kappa shape index (κ1) is 43.4. The third kappa shape index (κ3) is 5.82. The molecule has 2 fully saturated rings. The molecule has 7 aromatic carbocycles. The van der Waals surface area contributed by atoms with Crippen LogP contribution in [0.4, 0.5) is 28.4 Å². The molecule has 2 saturated carbocycles. The minimum Gasteiger partial charge on any atom is -0.329 e. The highest BCUT2D eigenvalue weighted by atomic mass is 28.3. The summed E-state index contributed by atoms with van der Waals surface area (Å²) in [6.45, 7) is 15.8. The topological polar surface area (TPSA) is 10.4 Å². The zero-order chi connectivity index (χ0) is 48.1. The molecule has 8 aromatic rings. The van der Waals surface area contributed by atoms with Gasteiger partial charge in [0.15, 0.2) is 17.8 Å². The minimum atomic E-state index is -1.76. The van der Waals surface area contributed by atoms with Crippen LogP contribution in [0.15, 0.2) is 182 Å². The summed E-state index contributed by atoms with van der Waals surface area (Å²) in [7, 11) is -1.76. The molecule has 0 bridgehead atoms. The number of aromatic nitrogens is 1. The lowest BCUT2D eigenvalue weighted by molar-refractivity contribution is -0.711. The summed E-state index contributed by atoms with van der Waals surface area (Å²) in [6, 6.07) is 68.3. The van der Waals surface area contributed by atoms with Crippen molar-refractivity contribution in [2.45, 2.75) is 114 Å². The van der Waals surface area contributed by atoms with E-state index >= 15 is 0 Å². The summed E-state index contributed by atoms with van der Waals surface area (Å²) in [5.74, 6) is 0. The van der Waals surface area contributed by atoms with Gasteiger partial charge in [-0.2, -0.15) is 4.57 Å². The Hall–Kier alpha value is -6.43. The Kier molecular flexibility index (Phi) is 9.34. The highest BCUT2D eigenvalue weighted by Gasteiger charge is 2.68. The van der Waals surface area contributed by atoms with Crippen LogP contribution in [0.1, 0.15) is 100 Å². The zero-order valence-electron chi connectivity index (χ0n) is 42.5. The zero-order valence-corrected chi connectivity index (χ0v) is 43.5. The molecule has 0 saturated heterocycles. The second-order valence-corrected chi connectivity index (χ2v) is 29.0. The lowest BCUT2D eigenvalue weighted by atomic mass is 9.34. The van der Waals surface area contributed by atoms with Gasteiger partial charge in [0.05, 0.1) is 13.6 Å². The second-order valence-electron chi connectivity index (χ2n) is 23.9. The minimum absolute atomic E-state index is 0.0300. The molecule has 71 heavy (non-hydrogen) atoms. The number of para-hydroxylation sites is 1. The molecule has 350 valence electrons. The molecular formula is C66H65BN3Si+. The Morgan fingerprint density at radius 3 is 1.87 bits per heavy atom. The Morgan fingerprint density at radius 2 is 1.14 bits per heavy atom. The molecule has 0 spiro atoms. The van der Waals surface area contributed by atoms with Crippen molar-refractivity contribution in [1.29, 1.82) is 0 Å². The van der Waals surface area contributed by atoms with Gasteiger partial charge in [-0.05, 0) is 107 Å². The van der Waals surface area contributed by atoms with Crippen LogP contribution in [0.3, 0.4) is 0 Å². The molecule has 3 aliphatic heterocycles. The van der Waals surface area contributed by atoms with E-state index in [-0.39, 0.29) is 34.5 Å². The van der Waals surface area contributed by atoms with E-state index in [4.69, 9.17) is 0 Å². The van der Waals surface area contributed by atoms with Crippen LogP contribution >= 0.6 is 0 Å². The van der Waals surface area contributed by atoms with E-state index in [0.29, 0.717) is 0 Å². The summed E-state index contributed by atoms with van der Waals surface area (Å²) in [5.41, 5.74) is 21.8. The van der Waals surface area contributed by atoms with Gasteiger partial charge in [0.25, 0.3) is 0 Å². The van der Waals surface area contributed by atoms with E-state index in [2.05, 4.69) is 237 Å². The van der Waals surface area contributed by atoms with Crippen molar-refractivity contribution in [1.82, 2.24) is 0 Å². The molecule has 5 heteroatoms. The molecule has 1 aromatic heterocycles. The van der Waals surface area contributed by atoms with Crippen LogP contribution in [0.2, 0.25) is 19.6 Å². The fourth-order valence-corrected chi connectivity index (χ4v) is 17.1. The highest BCUT2D eigenvalue weighted by Crippen LogP contribution is 2.66. The van der Waals surface area contributed by atoms with E-state index in [9.17, 15) is 0 Å². The van der Waals surface area contributed by atoms with Gasteiger partial charge in [-0.15, -0.1) is 0 Å². The van der Waals surface area contributed by atoms with E-state index in [1.54, 1.807) is 21.8 Å². The average molecular weight is 939 g/mol. The summed E-state index contributed by atoms with van der Waals surface area (Å²) < 4.78 is 2.92. The van der Waals surface area contributed by atoms with E-state index < -0.39 is 8.07 Å². The maximum absolute atomic E-state index is 2.92. The molecule has 3 aliphatic carbocycles. The number of nitrogens with zero attached hydrogens (tertiary/aromatic N) is 3. The van der Waals surface area contributed by atoms with Crippen molar-refractivity contribution in [3.05, 3.63) is 204 Å². The molecule has 3 nitrogen and oxygen atoms in total. The van der Waals surface area contributed by atoms with E-state index in [0.717, 1.165) is 12.8 Å². The Bertz CT molecular complexity index is 3440. The van der Waals surface area contributed by atoms with Gasteiger partial charge in [-0.25, -0.2) is 0 Å². The predicted molar refractivity (Wildman–Crippen MR) is 301 cm³/mol. The predicted octanol–water partition coefficient (Wildman–Crippen LogP) is 13.7. The first-order chi connectivity index (χ1) is 34.4. The lowest BCUT2D eigenvalue weighted by Gasteiger charge is -2.52. The fraction of sp³-hybridized carbons (Fsp3) is 0.288. The summed E-state index contributed by atoms with van der Waals surface area (Å²) >= 11 is 0. The Balaban J connectivity index is 1.10. The molecule has 6 aliphatic rings. The number of rotatable bonds is 6. The van der Waals surface area contributed by atoms with Crippen molar-refractivity contribution in [3.8, 4) is 22.3 Å². The maximum Gasteiger partial charge on any atom is 0.331 e. The third-order valence-corrected chi connectivity index (χ3v) is 21.6. The van der Waals surface area contributed by atoms with Crippen LogP contribution in [0.25, 0.3) is 22.3 Å². The molecule has 0 amide bonds. The van der Waals surface area contributed by atoms with Crippen LogP contribution in [0.5, 0.6) is 0 Å². The molecule has 14 rings (SSSR count). The number of hydrogen-bond acceptors (Lipinski definition) is 2. The Morgan fingerprint density at radius 1 is 0.521 bits per heavy atom. The van der Waals surface area contributed by atoms with Crippen LogP contribution in [-0.4, -0.2) is 20.3 Å². The summed E-state index contributed by atoms with van der Waals surface area (Å²) in [4.78, 5) is 5.53. The van der Waals surface area contributed by atoms with Gasteiger partial charge in [0.1, 0.15) is 11.4 Å². The number of fused-ring (bicyclic) bond motifs is 10. The first-order valence-electron chi connectivity index (χ1n) is 26.8. The van der Waals surface area contributed by atoms with Gasteiger partial charge >= 0.3 is 6.71 Å². The first-order valence-corrected chi connectivity index (χ1v) is 30.3. The number of hydrogen-bond donors (Lipinski definition) is 0. The van der Waals surface area contributed by atoms with Crippen LogP contribution in [-0.2, 0) is 10.8 Å². The number of pyridine rings is 1. The van der Waals surface area contributed by atoms with Crippen molar-refractivity contribution in [2.24, 2.45) is 5.41 Å². The van der Waals surface area contributed by atoms with E-state index in [1.807, 2.05) is 0 Å². The monoisotopic (exact) mass is 939 g/mol. The number of anilines is 5. The highest BCUT2D eigenvalue weighted by molar-refractivity contribution is 6.98. The van der Waals surface area contributed by atoms with E-state index in [1.165, 1.54) is 111 Å². The quantitative estimate of drug-likeness (QED) is 0.121.